The maximum absolute atomic E-state index is 12.8. The highest BCUT2D eigenvalue weighted by Gasteiger charge is 2.31. The third-order valence-electron chi connectivity index (χ3n) is 4.56. The third kappa shape index (κ3) is 1.55. The molecule has 1 aliphatic rings. The Morgan fingerprint density at radius 2 is 1.25 bits per heavy atom. The molecule has 0 bridgehead atoms. The first-order chi connectivity index (χ1) is 9.45. The van der Waals surface area contributed by atoms with Gasteiger partial charge >= 0.3 is 0 Å². The lowest BCUT2D eigenvalue weighted by atomic mass is 9.78. The van der Waals surface area contributed by atoms with Crippen LogP contribution in [-0.2, 0) is 0 Å². The van der Waals surface area contributed by atoms with Gasteiger partial charge in [-0.05, 0) is 49.9 Å². The largest absolute Gasteiger partial charge is 0.289 e. The molecule has 0 amide bonds. The Kier molecular flexibility index (Phi) is 2.87. The molecule has 100 valence electrons. The number of carbonyl (C=O) groups excluding carboxylic acids is 1. The highest BCUT2D eigenvalue weighted by atomic mass is 32.1. The number of hydrogen-bond donors (Lipinski definition) is 0. The number of rotatable bonds is 0. The second-order valence-electron chi connectivity index (χ2n) is 5.45. The van der Waals surface area contributed by atoms with E-state index < -0.39 is 0 Å². The molecule has 1 aliphatic carbocycles. The summed E-state index contributed by atoms with van der Waals surface area (Å²) in [4.78, 5) is 13.6. The lowest BCUT2D eigenvalue weighted by Crippen LogP contribution is -2.23. The van der Waals surface area contributed by atoms with E-state index in [2.05, 4.69) is 20.8 Å². The fourth-order valence-corrected chi connectivity index (χ4v) is 3.46. The lowest BCUT2D eigenvalue weighted by Gasteiger charge is -2.25. The van der Waals surface area contributed by atoms with Gasteiger partial charge in [-0.3, -0.25) is 4.79 Å². The molecule has 0 aromatic heterocycles. The second-order valence-corrected chi connectivity index (χ2v) is 5.86. The maximum atomic E-state index is 12.8. The molecule has 20 heavy (non-hydrogen) atoms. The molecule has 0 heterocycles. The van der Waals surface area contributed by atoms with Crippen LogP contribution >= 0.6 is 12.2 Å². The van der Waals surface area contributed by atoms with Gasteiger partial charge in [0.25, 0.3) is 0 Å². The Morgan fingerprint density at radius 3 is 1.85 bits per heavy atom. The van der Waals surface area contributed by atoms with E-state index in [4.69, 9.17) is 12.2 Å². The van der Waals surface area contributed by atoms with Crippen LogP contribution in [0.3, 0.4) is 0 Å². The van der Waals surface area contributed by atoms with Crippen LogP contribution in [0.4, 0.5) is 0 Å². The molecule has 0 spiro atoms. The summed E-state index contributed by atoms with van der Waals surface area (Å²) >= 11 is 5.67. The minimum Gasteiger partial charge on any atom is -0.289 e. The topological polar surface area (TPSA) is 17.1 Å². The monoisotopic (exact) mass is 280 g/mol. The van der Waals surface area contributed by atoms with Gasteiger partial charge < -0.3 is 0 Å². The molecule has 0 fully saturated rings. The second kappa shape index (κ2) is 4.35. The normalized spacial score (nSPS) is 13.2. The van der Waals surface area contributed by atoms with Gasteiger partial charge in [-0.2, -0.15) is 0 Å². The van der Waals surface area contributed by atoms with Crippen molar-refractivity contribution >= 4 is 22.9 Å². The van der Waals surface area contributed by atoms with Gasteiger partial charge in [-0.1, -0.05) is 36.5 Å². The molecule has 0 saturated carbocycles. The number of ketones is 1. The highest BCUT2D eigenvalue weighted by Crippen LogP contribution is 2.35. The number of fused-ring (bicyclic) bond motifs is 2. The molecule has 2 aromatic rings. The predicted octanol–water partition coefficient (Wildman–Crippen LogP) is 4.23. The third-order valence-corrected chi connectivity index (χ3v) is 4.98. The van der Waals surface area contributed by atoms with Gasteiger partial charge in [0.15, 0.2) is 5.78 Å². The van der Waals surface area contributed by atoms with Crippen molar-refractivity contribution in [1.29, 1.82) is 0 Å². The van der Waals surface area contributed by atoms with Crippen LogP contribution in [0.25, 0.3) is 0 Å². The van der Waals surface area contributed by atoms with E-state index in [1.54, 1.807) is 0 Å². The Labute approximate surface area is 124 Å². The van der Waals surface area contributed by atoms with Crippen LogP contribution in [0.15, 0.2) is 24.3 Å². The first kappa shape index (κ1) is 13.2. The van der Waals surface area contributed by atoms with Crippen LogP contribution in [0.5, 0.6) is 0 Å². The van der Waals surface area contributed by atoms with Crippen LogP contribution in [-0.4, -0.2) is 10.6 Å². The summed E-state index contributed by atoms with van der Waals surface area (Å²) in [6, 6.07) is 7.65. The highest BCUT2D eigenvalue weighted by molar-refractivity contribution is 7.81. The molecule has 2 aromatic carbocycles. The molecule has 3 rings (SSSR count). The Bertz CT molecular complexity index is 718. The Hall–Kier alpha value is -1.80. The number of benzene rings is 2. The van der Waals surface area contributed by atoms with Crippen LogP contribution in [0.2, 0.25) is 0 Å². The average molecular weight is 280 g/mol. The first-order valence-corrected chi connectivity index (χ1v) is 7.14. The van der Waals surface area contributed by atoms with Gasteiger partial charge in [0.05, 0.1) is 4.86 Å². The molecule has 0 atom stereocenters. The van der Waals surface area contributed by atoms with Crippen LogP contribution < -0.4 is 0 Å². The van der Waals surface area contributed by atoms with Crippen molar-refractivity contribution in [2.24, 2.45) is 0 Å². The van der Waals surface area contributed by atoms with Gasteiger partial charge in [0.1, 0.15) is 0 Å². The molecule has 0 saturated heterocycles. The summed E-state index contributed by atoms with van der Waals surface area (Å²) in [6.45, 7) is 8.27. The van der Waals surface area contributed by atoms with Crippen molar-refractivity contribution in [1.82, 2.24) is 0 Å². The number of carbonyl (C=O) groups is 1. The van der Waals surface area contributed by atoms with Crippen molar-refractivity contribution in [3.05, 3.63) is 68.8 Å². The van der Waals surface area contributed by atoms with Gasteiger partial charge in [-0.15, -0.1) is 0 Å². The summed E-state index contributed by atoms with van der Waals surface area (Å²) in [6.07, 6.45) is 0. The van der Waals surface area contributed by atoms with Crippen LogP contribution in [0, 0.1) is 27.7 Å². The van der Waals surface area contributed by atoms with E-state index in [-0.39, 0.29) is 5.78 Å². The van der Waals surface area contributed by atoms with Crippen LogP contribution in [0.1, 0.15) is 49.3 Å². The summed E-state index contributed by atoms with van der Waals surface area (Å²) in [7, 11) is 0. The smallest absolute Gasteiger partial charge is 0.194 e. The van der Waals surface area contributed by atoms with E-state index in [9.17, 15) is 4.79 Å². The zero-order valence-corrected chi connectivity index (χ0v) is 12.9. The molecule has 0 aliphatic heterocycles. The molecular weight excluding hydrogens is 264 g/mol. The molecule has 0 radical (unpaired) electrons. The van der Waals surface area contributed by atoms with Crippen molar-refractivity contribution in [2.75, 3.05) is 0 Å². The zero-order valence-electron chi connectivity index (χ0n) is 12.1. The Balaban J connectivity index is 2.46. The van der Waals surface area contributed by atoms with E-state index in [0.29, 0.717) is 0 Å². The van der Waals surface area contributed by atoms with E-state index >= 15 is 0 Å². The summed E-state index contributed by atoms with van der Waals surface area (Å²) in [5.41, 5.74) is 8.01. The summed E-state index contributed by atoms with van der Waals surface area (Å²) < 4.78 is 0. The zero-order chi connectivity index (χ0) is 14.6. The molecule has 0 N–H and O–H groups in total. The van der Waals surface area contributed by atoms with Gasteiger partial charge in [0.2, 0.25) is 0 Å². The molecule has 1 nitrogen and oxygen atoms in total. The van der Waals surface area contributed by atoms with Gasteiger partial charge in [-0.25, -0.2) is 0 Å². The van der Waals surface area contributed by atoms with Crippen molar-refractivity contribution in [2.45, 2.75) is 27.7 Å². The van der Waals surface area contributed by atoms with E-state index in [0.717, 1.165) is 38.2 Å². The van der Waals surface area contributed by atoms with E-state index in [1.807, 2.05) is 31.2 Å². The quantitative estimate of drug-likeness (QED) is 0.573. The first-order valence-electron chi connectivity index (χ1n) is 6.74. The summed E-state index contributed by atoms with van der Waals surface area (Å²) in [5.74, 6) is 0.105. The lowest BCUT2D eigenvalue weighted by molar-refractivity contribution is 0.103. The SMILES string of the molecule is Cc1c(C)c(C)c2c(c1C)C(=O)c1ccccc1C2=S. The van der Waals surface area contributed by atoms with Gasteiger partial charge in [0, 0.05) is 22.3 Å². The van der Waals surface area contributed by atoms with E-state index in [1.165, 1.54) is 11.1 Å². The minimum atomic E-state index is 0.105. The van der Waals surface area contributed by atoms with Crippen molar-refractivity contribution in [3.63, 3.8) is 0 Å². The molecule has 2 heteroatoms. The van der Waals surface area contributed by atoms with Crippen molar-refractivity contribution < 1.29 is 4.79 Å². The fourth-order valence-electron chi connectivity index (χ4n) is 3.03. The fraction of sp³-hybridized carbons (Fsp3) is 0.222. The molecule has 0 unspecified atom stereocenters. The number of hydrogen-bond acceptors (Lipinski definition) is 2. The standard InChI is InChI=1S/C18H16OS/c1-9-10(2)12(4)16-15(11(9)3)17(19)13-7-5-6-8-14(13)18(16)20/h5-8H,1-4H3. The summed E-state index contributed by atoms with van der Waals surface area (Å²) in [5, 5.41) is 0. The average Bonchev–Trinajstić information content (AvgIpc) is 2.46. The number of thiocarbonyl (C=S) groups is 1. The predicted molar refractivity (Wildman–Crippen MR) is 86.1 cm³/mol. The molecular formula is C18H16OS. The minimum absolute atomic E-state index is 0.105. The van der Waals surface area contributed by atoms with Crippen molar-refractivity contribution in [3.8, 4) is 0 Å². The maximum Gasteiger partial charge on any atom is 0.194 e. The Morgan fingerprint density at radius 1 is 0.750 bits per heavy atom.